The number of carbonyl (C=O) groups is 2. The molecule has 2 aliphatic heterocycles. The lowest BCUT2D eigenvalue weighted by atomic mass is 10.2. The molecule has 2 fully saturated rings. The number of hydrogen-bond donors (Lipinski definition) is 2. The van der Waals surface area contributed by atoms with Gasteiger partial charge in [0.2, 0.25) is 0 Å². The van der Waals surface area contributed by atoms with E-state index in [1.54, 1.807) is 18.2 Å². The average molecular weight is 494 g/mol. The first-order valence-corrected chi connectivity index (χ1v) is 12.4. The van der Waals surface area contributed by atoms with Gasteiger partial charge in [0.15, 0.2) is 5.58 Å². The Balaban J connectivity index is 1.03. The van der Waals surface area contributed by atoms with Gasteiger partial charge in [0.1, 0.15) is 5.52 Å². The molecule has 0 atom stereocenters. The molecule has 2 aliphatic rings. The monoisotopic (exact) mass is 493 g/mol. The number of morpholine rings is 1. The molecule has 2 N–H and O–H groups in total. The van der Waals surface area contributed by atoms with Gasteiger partial charge in [-0.1, -0.05) is 0 Å². The zero-order chi connectivity index (χ0) is 24.7. The van der Waals surface area contributed by atoms with Crippen molar-refractivity contribution >= 4 is 40.3 Å². The highest BCUT2D eigenvalue weighted by Gasteiger charge is 2.19. The van der Waals surface area contributed by atoms with Crippen LogP contribution in [-0.2, 0) is 14.3 Å². The largest absolute Gasteiger partial charge is 0.423 e. The minimum atomic E-state index is -0.701. The van der Waals surface area contributed by atoms with Crippen LogP contribution in [0.1, 0.15) is 6.42 Å². The standard InChI is InChI=1S/C25H31N7O4/c33-23(27-6-1-9-30-10-12-31(13-11-30)20-4-7-26-8-5-20)24(34)28-19-2-3-21-22(18-19)36-25(29-21)32-14-16-35-17-15-32/h2-5,7-8,18H,1,6,9-17H2,(H,27,33)(H,28,34). The summed E-state index contributed by atoms with van der Waals surface area (Å²) in [6.07, 6.45) is 4.41. The van der Waals surface area contributed by atoms with E-state index in [0.717, 1.165) is 52.2 Å². The second-order valence-electron chi connectivity index (χ2n) is 8.88. The lowest BCUT2D eigenvalue weighted by Crippen LogP contribution is -2.47. The SMILES string of the molecule is O=C(NCCCN1CCN(c2ccncc2)CC1)C(=O)Nc1ccc2nc(N3CCOCC3)oc2c1. The van der Waals surface area contributed by atoms with Crippen molar-refractivity contribution in [2.75, 3.05) is 80.7 Å². The highest BCUT2D eigenvalue weighted by Crippen LogP contribution is 2.25. The van der Waals surface area contributed by atoms with Crippen LogP contribution >= 0.6 is 0 Å². The molecule has 11 nitrogen and oxygen atoms in total. The first kappa shape index (κ1) is 24.0. The van der Waals surface area contributed by atoms with Crippen LogP contribution < -0.4 is 20.4 Å². The number of fused-ring (bicyclic) bond motifs is 1. The van der Waals surface area contributed by atoms with E-state index in [0.29, 0.717) is 42.6 Å². The fraction of sp³-hybridized carbons (Fsp3) is 0.440. The minimum absolute atomic E-state index is 0.445. The van der Waals surface area contributed by atoms with Crippen molar-refractivity contribution < 1.29 is 18.7 Å². The Labute approximate surface area is 209 Å². The third kappa shape index (κ3) is 5.92. The van der Waals surface area contributed by atoms with Gasteiger partial charge in [0, 0.05) is 75.6 Å². The van der Waals surface area contributed by atoms with Crippen LogP contribution in [0.25, 0.3) is 11.1 Å². The van der Waals surface area contributed by atoms with Crippen LogP contribution in [0.3, 0.4) is 0 Å². The summed E-state index contributed by atoms with van der Waals surface area (Å²) >= 11 is 0. The molecule has 0 radical (unpaired) electrons. The molecule has 11 heteroatoms. The number of benzene rings is 1. The lowest BCUT2D eigenvalue weighted by molar-refractivity contribution is -0.136. The predicted octanol–water partition coefficient (Wildman–Crippen LogP) is 1.33. The van der Waals surface area contributed by atoms with Gasteiger partial charge in [-0.05, 0) is 37.2 Å². The van der Waals surface area contributed by atoms with Crippen LogP contribution in [0.5, 0.6) is 0 Å². The Morgan fingerprint density at radius 3 is 2.47 bits per heavy atom. The maximum atomic E-state index is 12.4. The zero-order valence-corrected chi connectivity index (χ0v) is 20.2. The maximum absolute atomic E-state index is 12.4. The van der Waals surface area contributed by atoms with E-state index in [1.165, 1.54) is 5.69 Å². The molecule has 2 aromatic heterocycles. The lowest BCUT2D eigenvalue weighted by Gasteiger charge is -2.36. The quantitative estimate of drug-likeness (QED) is 0.371. The van der Waals surface area contributed by atoms with Crippen LogP contribution in [-0.4, -0.2) is 92.3 Å². The Kier molecular flexibility index (Phi) is 7.58. The minimum Gasteiger partial charge on any atom is -0.423 e. The normalized spacial score (nSPS) is 16.8. The van der Waals surface area contributed by atoms with E-state index in [-0.39, 0.29) is 0 Å². The summed E-state index contributed by atoms with van der Waals surface area (Å²) in [6, 6.07) is 9.76. The van der Waals surface area contributed by atoms with Crippen LogP contribution in [0.2, 0.25) is 0 Å². The van der Waals surface area contributed by atoms with Gasteiger partial charge in [0.25, 0.3) is 6.01 Å². The van der Waals surface area contributed by atoms with Crippen LogP contribution in [0.15, 0.2) is 47.1 Å². The van der Waals surface area contributed by atoms with E-state index in [4.69, 9.17) is 9.15 Å². The molecule has 0 aliphatic carbocycles. The summed E-state index contributed by atoms with van der Waals surface area (Å²) in [5, 5.41) is 5.35. The molecule has 3 aromatic rings. The van der Waals surface area contributed by atoms with Gasteiger partial charge in [-0.25, -0.2) is 0 Å². The topological polar surface area (TPSA) is 116 Å². The third-order valence-electron chi connectivity index (χ3n) is 6.46. The Morgan fingerprint density at radius 2 is 1.69 bits per heavy atom. The predicted molar refractivity (Wildman–Crippen MR) is 136 cm³/mol. The molecule has 0 bridgehead atoms. The number of aromatic nitrogens is 2. The van der Waals surface area contributed by atoms with Crippen molar-refractivity contribution in [2.24, 2.45) is 0 Å². The second kappa shape index (κ2) is 11.4. The van der Waals surface area contributed by atoms with Crippen molar-refractivity contribution in [3.05, 3.63) is 42.7 Å². The summed E-state index contributed by atoms with van der Waals surface area (Å²) in [7, 11) is 0. The summed E-state index contributed by atoms with van der Waals surface area (Å²) in [4.78, 5) is 40.0. The van der Waals surface area contributed by atoms with Crippen molar-refractivity contribution in [1.82, 2.24) is 20.2 Å². The smallest absolute Gasteiger partial charge is 0.313 e. The molecule has 0 spiro atoms. The molecule has 5 rings (SSSR count). The van der Waals surface area contributed by atoms with Gasteiger partial charge >= 0.3 is 11.8 Å². The number of pyridine rings is 1. The number of nitrogens with zero attached hydrogens (tertiary/aromatic N) is 5. The molecular formula is C25H31N7O4. The van der Waals surface area contributed by atoms with Gasteiger partial charge in [-0.15, -0.1) is 0 Å². The van der Waals surface area contributed by atoms with Crippen molar-refractivity contribution in [2.45, 2.75) is 6.42 Å². The molecule has 1 aromatic carbocycles. The highest BCUT2D eigenvalue weighted by atomic mass is 16.5. The Bertz CT molecular complexity index is 1170. The van der Waals surface area contributed by atoms with E-state index in [9.17, 15) is 9.59 Å². The number of amides is 2. The zero-order valence-electron chi connectivity index (χ0n) is 20.2. The van der Waals surface area contributed by atoms with E-state index in [1.807, 2.05) is 29.4 Å². The number of oxazole rings is 1. The van der Waals surface area contributed by atoms with Crippen LogP contribution in [0, 0.1) is 0 Å². The molecule has 0 saturated carbocycles. The molecule has 4 heterocycles. The van der Waals surface area contributed by atoms with Gasteiger partial charge in [-0.2, -0.15) is 4.98 Å². The molecular weight excluding hydrogens is 462 g/mol. The Morgan fingerprint density at radius 1 is 0.917 bits per heavy atom. The summed E-state index contributed by atoms with van der Waals surface area (Å²) in [6.45, 7) is 7.89. The molecule has 36 heavy (non-hydrogen) atoms. The number of nitrogens with one attached hydrogen (secondary N) is 2. The average Bonchev–Trinajstić information content (AvgIpc) is 3.36. The molecule has 2 amide bonds. The number of hydrogen-bond acceptors (Lipinski definition) is 9. The summed E-state index contributed by atoms with van der Waals surface area (Å²) < 4.78 is 11.2. The second-order valence-corrected chi connectivity index (χ2v) is 8.88. The number of carbonyl (C=O) groups excluding carboxylic acids is 2. The fourth-order valence-corrected chi connectivity index (χ4v) is 4.44. The van der Waals surface area contributed by atoms with Crippen molar-refractivity contribution in [1.29, 1.82) is 0 Å². The van der Waals surface area contributed by atoms with E-state index < -0.39 is 11.8 Å². The number of rotatable bonds is 7. The third-order valence-corrected chi connectivity index (χ3v) is 6.46. The highest BCUT2D eigenvalue weighted by molar-refractivity contribution is 6.39. The van der Waals surface area contributed by atoms with E-state index in [2.05, 4.69) is 30.4 Å². The first-order valence-electron chi connectivity index (χ1n) is 12.4. The summed E-state index contributed by atoms with van der Waals surface area (Å²) in [5.74, 6) is -1.35. The van der Waals surface area contributed by atoms with E-state index >= 15 is 0 Å². The van der Waals surface area contributed by atoms with Crippen molar-refractivity contribution in [3.63, 3.8) is 0 Å². The fourth-order valence-electron chi connectivity index (χ4n) is 4.44. The molecule has 0 unspecified atom stereocenters. The Hall–Kier alpha value is -3.70. The van der Waals surface area contributed by atoms with Gasteiger partial charge < -0.3 is 29.6 Å². The number of anilines is 3. The van der Waals surface area contributed by atoms with Crippen molar-refractivity contribution in [3.8, 4) is 0 Å². The molecule has 190 valence electrons. The number of ether oxygens (including phenoxy) is 1. The number of piperazine rings is 1. The molecule has 2 saturated heterocycles. The van der Waals surface area contributed by atoms with Gasteiger partial charge in [0.05, 0.1) is 13.2 Å². The maximum Gasteiger partial charge on any atom is 0.313 e. The summed E-state index contributed by atoms with van der Waals surface area (Å²) in [5.41, 5.74) is 2.93. The first-order chi connectivity index (χ1) is 17.7. The van der Waals surface area contributed by atoms with Gasteiger partial charge in [-0.3, -0.25) is 19.5 Å². The van der Waals surface area contributed by atoms with Crippen LogP contribution in [0.4, 0.5) is 17.4 Å².